The van der Waals surface area contributed by atoms with Crippen LogP contribution >= 0.6 is 11.8 Å². The standard InChI is InChI=1S/C21H21FN2O3S2/c22-16-9-5-10-17(12-16)24-18-13-29(26,27)14-19(18)28-21(24)23-20(25)11-4-8-15-6-2-1-3-7-15/h1-3,5-7,9-10,12,18-19H,4,8,11,13-14H2/t18-,19+/m1/s1. The van der Waals surface area contributed by atoms with Gasteiger partial charge in [0.05, 0.1) is 17.5 Å². The Morgan fingerprint density at radius 3 is 2.69 bits per heavy atom. The van der Waals surface area contributed by atoms with Gasteiger partial charge in [-0.1, -0.05) is 48.2 Å². The lowest BCUT2D eigenvalue weighted by molar-refractivity contribution is -0.117. The first-order chi connectivity index (χ1) is 13.9. The number of hydrogen-bond acceptors (Lipinski definition) is 4. The molecule has 2 aromatic rings. The summed E-state index contributed by atoms with van der Waals surface area (Å²) in [4.78, 5) is 18.5. The molecule has 0 spiro atoms. The van der Waals surface area contributed by atoms with Crippen LogP contribution in [0.5, 0.6) is 0 Å². The summed E-state index contributed by atoms with van der Waals surface area (Å²) in [5, 5.41) is 0.268. The van der Waals surface area contributed by atoms with E-state index in [0.717, 1.165) is 6.42 Å². The molecule has 2 aliphatic rings. The molecule has 29 heavy (non-hydrogen) atoms. The highest BCUT2D eigenvalue weighted by molar-refractivity contribution is 8.16. The van der Waals surface area contributed by atoms with Crippen LogP contribution in [0.4, 0.5) is 10.1 Å². The first kappa shape index (κ1) is 20.1. The fourth-order valence-electron chi connectivity index (χ4n) is 3.74. The molecule has 2 heterocycles. The first-order valence-corrected chi connectivity index (χ1v) is 12.2. The normalized spacial score (nSPS) is 24.0. The van der Waals surface area contributed by atoms with Gasteiger partial charge in [-0.25, -0.2) is 12.8 Å². The number of carbonyl (C=O) groups excluding carboxylic acids is 1. The van der Waals surface area contributed by atoms with Gasteiger partial charge in [-0.05, 0) is 36.6 Å². The topological polar surface area (TPSA) is 66.8 Å². The number of thioether (sulfide) groups is 1. The number of sulfone groups is 1. The van der Waals surface area contributed by atoms with Gasteiger partial charge in [-0.3, -0.25) is 4.79 Å². The third kappa shape index (κ3) is 4.70. The second-order valence-corrected chi connectivity index (χ2v) is 10.6. The van der Waals surface area contributed by atoms with Crippen molar-refractivity contribution in [3.05, 3.63) is 66.0 Å². The molecule has 0 aliphatic carbocycles. The first-order valence-electron chi connectivity index (χ1n) is 9.49. The summed E-state index contributed by atoms with van der Waals surface area (Å²) in [5.74, 6) is -0.615. The molecule has 2 fully saturated rings. The van der Waals surface area contributed by atoms with E-state index in [0.29, 0.717) is 23.7 Å². The van der Waals surface area contributed by atoms with Gasteiger partial charge in [-0.15, -0.1) is 0 Å². The predicted molar refractivity (Wildman–Crippen MR) is 115 cm³/mol. The second kappa shape index (κ2) is 8.28. The predicted octanol–water partition coefficient (Wildman–Crippen LogP) is 3.45. The lowest BCUT2D eigenvalue weighted by Gasteiger charge is -2.24. The Kier molecular flexibility index (Phi) is 5.74. The Hall–Kier alpha value is -2.19. The zero-order chi connectivity index (χ0) is 20.4. The van der Waals surface area contributed by atoms with Gasteiger partial charge in [0.25, 0.3) is 0 Å². The number of fused-ring (bicyclic) bond motifs is 1. The Labute approximate surface area is 173 Å². The molecule has 0 unspecified atom stereocenters. The molecule has 2 aromatic carbocycles. The zero-order valence-corrected chi connectivity index (χ0v) is 17.3. The molecule has 1 amide bonds. The van der Waals surface area contributed by atoms with Gasteiger partial charge in [-0.2, -0.15) is 4.99 Å². The summed E-state index contributed by atoms with van der Waals surface area (Å²) in [6, 6.07) is 15.6. The van der Waals surface area contributed by atoms with Crippen LogP contribution in [-0.4, -0.2) is 42.3 Å². The Bertz CT molecular complexity index is 1040. The summed E-state index contributed by atoms with van der Waals surface area (Å²) in [6.07, 6.45) is 1.79. The molecule has 0 radical (unpaired) electrons. The smallest absolute Gasteiger partial charge is 0.248 e. The number of nitrogens with zero attached hydrogens (tertiary/aromatic N) is 2. The summed E-state index contributed by atoms with van der Waals surface area (Å²) >= 11 is 1.30. The van der Waals surface area contributed by atoms with Gasteiger partial charge in [0.15, 0.2) is 15.0 Å². The van der Waals surface area contributed by atoms with Crippen LogP contribution in [0.2, 0.25) is 0 Å². The van der Waals surface area contributed by atoms with E-state index in [1.165, 1.54) is 29.5 Å². The highest BCUT2D eigenvalue weighted by Gasteiger charge is 2.49. The molecule has 152 valence electrons. The van der Waals surface area contributed by atoms with Crippen molar-refractivity contribution in [2.24, 2.45) is 4.99 Å². The van der Waals surface area contributed by atoms with E-state index in [4.69, 9.17) is 0 Å². The molecule has 8 heteroatoms. The molecule has 2 saturated heterocycles. The largest absolute Gasteiger partial charge is 0.315 e. The number of benzene rings is 2. The van der Waals surface area contributed by atoms with E-state index in [9.17, 15) is 17.6 Å². The maximum Gasteiger partial charge on any atom is 0.248 e. The van der Waals surface area contributed by atoms with E-state index in [1.807, 2.05) is 30.3 Å². The van der Waals surface area contributed by atoms with Gasteiger partial charge in [0.2, 0.25) is 5.91 Å². The van der Waals surface area contributed by atoms with E-state index in [1.54, 1.807) is 17.0 Å². The van der Waals surface area contributed by atoms with Crippen molar-refractivity contribution in [3.8, 4) is 0 Å². The van der Waals surface area contributed by atoms with Crippen molar-refractivity contribution in [3.63, 3.8) is 0 Å². The average molecular weight is 433 g/mol. The quantitative estimate of drug-likeness (QED) is 0.724. The minimum absolute atomic E-state index is 0.0115. The number of halogens is 1. The number of aryl methyl sites for hydroxylation is 1. The molecule has 4 rings (SSSR count). The lowest BCUT2D eigenvalue weighted by Crippen LogP contribution is -2.37. The summed E-state index contributed by atoms with van der Waals surface area (Å²) in [5.41, 5.74) is 1.70. The third-order valence-electron chi connectivity index (χ3n) is 5.07. The minimum Gasteiger partial charge on any atom is -0.315 e. The molecule has 5 nitrogen and oxygen atoms in total. The van der Waals surface area contributed by atoms with Crippen LogP contribution < -0.4 is 4.90 Å². The highest BCUT2D eigenvalue weighted by atomic mass is 32.2. The van der Waals surface area contributed by atoms with E-state index < -0.39 is 15.7 Å². The van der Waals surface area contributed by atoms with Crippen molar-refractivity contribution < 1.29 is 17.6 Å². The van der Waals surface area contributed by atoms with Gasteiger partial charge < -0.3 is 4.90 Å². The average Bonchev–Trinajstić information content (AvgIpc) is 3.13. The monoisotopic (exact) mass is 432 g/mol. The number of rotatable bonds is 5. The van der Waals surface area contributed by atoms with Gasteiger partial charge in [0, 0.05) is 17.4 Å². The molecule has 0 N–H and O–H groups in total. The molecular formula is C21H21FN2O3S2. The van der Waals surface area contributed by atoms with E-state index in [-0.39, 0.29) is 28.7 Å². The number of anilines is 1. The number of hydrogen-bond donors (Lipinski definition) is 0. The van der Waals surface area contributed by atoms with E-state index in [2.05, 4.69) is 4.99 Å². The third-order valence-corrected chi connectivity index (χ3v) is 8.28. The van der Waals surface area contributed by atoms with Crippen LogP contribution in [0, 0.1) is 5.82 Å². The van der Waals surface area contributed by atoms with Crippen molar-refractivity contribution >= 4 is 38.4 Å². The minimum atomic E-state index is -3.15. The Morgan fingerprint density at radius 2 is 1.93 bits per heavy atom. The maximum absolute atomic E-state index is 13.8. The molecule has 2 aliphatic heterocycles. The summed E-state index contributed by atoms with van der Waals surface area (Å²) in [6.45, 7) is 0. The van der Waals surface area contributed by atoms with E-state index >= 15 is 0 Å². The van der Waals surface area contributed by atoms with Crippen LogP contribution in [-0.2, 0) is 21.1 Å². The highest BCUT2D eigenvalue weighted by Crippen LogP contribution is 2.41. The number of carbonyl (C=O) groups is 1. The Morgan fingerprint density at radius 1 is 1.14 bits per heavy atom. The van der Waals surface area contributed by atoms with Crippen LogP contribution in [0.3, 0.4) is 0 Å². The molecule has 2 atom stereocenters. The zero-order valence-electron chi connectivity index (χ0n) is 15.7. The van der Waals surface area contributed by atoms with Crippen LogP contribution in [0.15, 0.2) is 59.6 Å². The van der Waals surface area contributed by atoms with Crippen LogP contribution in [0.25, 0.3) is 0 Å². The van der Waals surface area contributed by atoms with Gasteiger partial charge >= 0.3 is 0 Å². The van der Waals surface area contributed by atoms with Crippen molar-refractivity contribution in [1.82, 2.24) is 0 Å². The lowest BCUT2D eigenvalue weighted by atomic mass is 10.1. The fraction of sp³-hybridized carbons (Fsp3) is 0.333. The number of amidine groups is 1. The molecular weight excluding hydrogens is 411 g/mol. The number of amides is 1. The maximum atomic E-state index is 13.8. The van der Waals surface area contributed by atoms with Crippen molar-refractivity contribution in [2.45, 2.75) is 30.6 Å². The Balaban J connectivity index is 1.51. The second-order valence-electron chi connectivity index (χ2n) is 7.28. The molecule has 0 bridgehead atoms. The van der Waals surface area contributed by atoms with Crippen molar-refractivity contribution in [2.75, 3.05) is 16.4 Å². The SMILES string of the molecule is O=C(CCCc1ccccc1)N=C1S[C@H]2CS(=O)(=O)C[C@H]2N1c1cccc(F)c1. The van der Waals surface area contributed by atoms with Gasteiger partial charge in [0.1, 0.15) is 5.82 Å². The molecule has 0 aromatic heterocycles. The molecule has 0 saturated carbocycles. The van der Waals surface area contributed by atoms with Crippen LogP contribution in [0.1, 0.15) is 18.4 Å². The summed E-state index contributed by atoms with van der Waals surface area (Å²) < 4.78 is 37.9. The van der Waals surface area contributed by atoms with Crippen molar-refractivity contribution in [1.29, 1.82) is 0 Å². The number of aliphatic imine (C=N–C) groups is 1. The summed E-state index contributed by atoms with van der Waals surface area (Å²) in [7, 11) is -3.15. The fourth-order valence-corrected chi connectivity index (χ4v) is 7.67.